The molecule has 0 fully saturated rings. The minimum Gasteiger partial charge on any atom is -0.493 e. The molecule has 0 heterocycles. The van der Waals surface area contributed by atoms with E-state index in [1.807, 2.05) is 43.3 Å². The molecule has 3 heteroatoms. The smallest absolute Gasteiger partial charge is 0.224 e. The molecule has 1 amide bonds. The van der Waals surface area contributed by atoms with Gasteiger partial charge in [-0.05, 0) is 48.6 Å². The van der Waals surface area contributed by atoms with Crippen LogP contribution < -0.4 is 10.1 Å². The maximum Gasteiger partial charge on any atom is 0.224 e. The van der Waals surface area contributed by atoms with Crippen molar-refractivity contribution >= 4 is 11.6 Å². The lowest BCUT2D eigenvalue weighted by molar-refractivity contribution is -0.116. The van der Waals surface area contributed by atoms with Gasteiger partial charge < -0.3 is 10.1 Å². The number of amides is 1. The summed E-state index contributed by atoms with van der Waals surface area (Å²) in [5.74, 6) is 1.41. The van der Waals surface area contributed by atoms with Crippen LogP contribution in [0.15, 0.2) is 48.5 Å². The van der Waals surface area contributed by atoms with Gasteiger partial charge in [-0.3, -0.25) is 4.79 Å². The molecule has 23 heavy (non-hydrogen) atoms. The number of ether oxygens (including phenoxy) is 1. The minimum absolute atomic E-state index is 0.0238. The van der Waals surface area contributed by atoms with Crippen molar-refractivity contribution in [3.05, 3.63) is 59.7 Å². The van der Waals surface area contributed by atoms with E-state index in [9.17, 15) is 4.79 Å². The molecule has 3 nitrogen and oxygen atoms in total. The number of hydrogen-bond acceptors (Lipinski definition) is 2. The van der Waals surface area contributed by atoms with Crippen molar-refractivity contribution in [2.24, 2.45) is 0 Å². The fourth-order valence-electron chi connectivity index (χ4n) is 2.31. The van der Waals surface area contributed by atoms with Crippen molar-refractivity contribution in [1.29, 1.82) is 0 Å². The summed E-state index contributed by atoms with van der Waals surface area (Å²) in [6.45, 7) is 6.87. The largest absolute Gasteiger partial charge is 0.493 e. The van der Waals surface area contributed by atoms with Gasteiger partial charge in [-0.2, -0.15) is 0 Å². The van der Waals surface area contributed by atoms with Crippen molar-refractivity contribution in [2.45, 2.75) is 39.5 Å². The van der Waals surface area contributed by atoms with Crippen LogP contribution in [0.2, 0.25) is 0 Å². The maximum absolute atomic E-state index is 11.9. The number of nitrogens with one attached hydrogen (secondary N) is 1. The van der Waals surface area contributed by atoms with E-state index in [4.69, 9.17) is 4.74 Å². The average molecular weight is 311 g/mol. The fraction of sp³-hybridized carbons (Fsp3) is 0.350. The van der Waals surface area contributed by atoms with Gasteiger partial charge in [0.05, 0.1) is 6.61 Å². The van der Waals surface area contributed by atoms with Gasteiger partial charge in [-0.25, -0.2) is 0 Å². The molecule has 0 unspecified atom stereocenters. The summed E-state index contributed by atoms with van der Waals surface area (Å²) in [4.78, 5) is 11.9. The lowest BCUT2D eigenvalue weighted by Gasteiger charge is -2.10. The van der Waals surface area contributed by atoms with E-state index in [1.54, 1.807) is 0 Å². The van der Waals surface area contributed by atoms with Crippen LogP contribution in [0.4, 0.5) is 5.69 Å². The first-order valence-electron chi connectivity index (χ1n) is 8.14. The van der Waals surface area contributed by atoms with Crippen LogP contribution in [0.3, 0.4) is 0 Å². The predicted octanol–water partition coefficient (Wildman–Crippen LogP) is 4.92. The Balaban J connectivity index is 1.72. The number of carbonyl (C=O) groups excluding carboxylic acids is 1. The van der Waals surface area contributed by atoms with E-state index in [0.29, 0.717) is 25.4 Å². The molecular weight excluding hydrogens is 286 g/mol. The molecule has 0 saturated carbocycles. The molecule has 0 bridgehead atoms. The summed E-state index contributed by atoms with van der Waals surface area (Å²) in [5, 5.41) is 2.92. The first-order valence-corrected chi connectivity index (χ1v) is 8.14. The molecular formula is C20H25NO2. The van der Waals surface area contributed by atoms with Crippen LogP contribution in [0.25, 0.3) is 0 Å². The molecule has 0 atom stereocenters. The Morgan fingerprint density at radius 1 is 1.09 bits per heavy atom. The third-order valence-corrected chi connectivity index (χ3v) is 3.76. The van der Waals surface area contributed by atoms with Gasteiger partial charge in [-0.15, -0.1) is 0 Å². The topological polar surface area (TPSA) is 38.3 Å². The third-order valence-electron chi connectivity index (χ3n) is 3.76. The monoisotopic (exact) mass is 311 g/mol. The lowest BCUT2D eigenvalue weighted by Crippen LogP contribution is -2.13. The molecule has 2 aromatic carbocycles. The summed E-state index contributed by atoms with van der Waals surface area (Å²) in [5.41, 5.74) is 3.23. The van der Waals surface area contributed by atoms with Gasteiger partial charge in [-0.1, -0.05) is 44.2 Å². The van der Waals surface area contributed by atoms with Crippen molar-refractivity contribution in [1.82, 2.24) is 0 Å². The number of para-hydroxylation sites is 1. The van der Waals surface area contributed by atoms with E-state index >= 15 is 0 Å². The van der Waals surface area contributed by atoms with Crippen molar-refractivity contribution in [3.63, 3.8) is 0 Å². The fourth-order valence-corrected chi connectivity index (χ4v) is 2.31. The van der Waals surface area contributed by atoms with Crippen molar-refractivity contribution in [2.75, 3.05) is 11.9 Å². The number of anilines is 1. The number of aryl methyl sites for hydroxylation is 1. The summed E-state index contributed by atoms with van der Waals surface area (Å²) in [7, 11) is 0. The van der Waals surface area contributed by atoms with Gasteiger partial charge in [0, 0.05) is 12.1 Å². The quantitative estimate of drug-likeness (QED) is 0.737. The second-order valence-corrected chi connectivity index (χ2v) is 6.04. The van der Waals surface area contributed by atoms with Gasteiger partial charge in [0.15, 0.2) is 0 Å². The summed E-state index contributed by atoms with van der Waals surface area (Å²) < 4.78 is 5.70. The number of carbonyl (C=O) groups is 1. The standard InChI is InChI=1S/C20H25NO2/c1-15(2)17-10-12-18(13-11-17)21-20(22)9-6-14-23-19-8-5-4-7-16(19)3/h4-5,7-8,10-13,15H,6,9,14H2,1-3H3,(H,21,22). The maximum atomic E-state index is 11.9. The molecule has 122 valence electrons. The highest BCUT2D eigenvalue weighted by Crippen LogP contribution is 2.18. The lowest BCUT2D eigenvalue weighted by atomic mass is 10.0. The Labute approximate surface area is 138 Å². The zero-order chi connectivity index (χ0) is 16.7. The molecule has 0 aliphatic heterocycles. The molecule has 2 aromatic rings. The Bertz CT molecular complexity index is 632. The zero-order valence-electron chi connectivity index (χ0n) is 14.1. The normalized spacial score (nSPS) is 10.6. The van der Waals surface area contributed by atoms with Gasteiger partial charge >= 0.3 is 0 Å². The van der Waals surface area contributed by atoms with Crippen LogP contribution in [0.1, 0.15) is 43.7 Å². The van der Waals surface area contributed by atoms with Crippen LogP contribution in [-0.2, 0) is 4.79 Å². The Hall–Kier alpha value is -2.29. The second-order valence-electron chi connectivity index (χ2n) is 6.04. The van der Waals surface area contributed by atoms with Gasteiger partial charge in [0.25, 0.3) is 0 Å². The molecule has 2 rings (SSSR count). The number of rotatable bonds is 7. The van der Waals surface area contributed by atoms with Gasteiger partial charge in [0.1, 0.15) is 5.75 Å². The summed E-state index contributed by atoms with van der Waals surface area (Å²) in [6.07, 6.45) is 1.15. The molecule has 0 aromatic heterocycles. The van der Waals surface area contributed by atoms with E-state index in [-0.39, 0.29) is 5.91 Å². The highest BCUT2D eigenvalue weighted by atomic mass is 16.5. The van der Waals surface area contributed by atoms with Crippen molar-refractivity contribution < 1.29 is 9.53 Å². The van der Waals surface area contributed by atoms with E-state index in [0.717, 1.165) is 17.0 Å². The van der Waals surface area contributed by atoms with E-state index in [1.165, 1.54) is 5.56 Å². The third kappa shape index (κ3) is 5.44. The minimum atomic E-state index is 0.0238. The predicted molar refractivity (Wildman–Crippen MR) is 95.1 cm³/mol. The average Bonchev–Trinajstić information content (AvgIpc) is 2.53. The molecule has 0 spiro atoms. The highest BCUT2D eigenvalue weighted by Gasteiger charge is 2.04. The summed E-state index contributed by atoms with van der Waals surface area (Å²) in [6, 6.07) is 15.9. The number of hydrogen-bond donors (Lipinski definition) is 1. The molecule has 0 aliphatic carbocycles. The van der Waals surface area contributed by atoms with Crippen LogP contribution in [0.5, 0.6) is 5.75 Å². The zero-order valence-corrected chi connectivity index (χ0v) is 14.1. The summed E-state index contributed by atoms with van der Waals surface area (Å²) >= 11 is 0. The van der Waals surface area contributed by atoms with Crippen LogP contribution >= 0.6 is 0 Å². The molecule has 0 saturated heterocycles. The SMILES string of the molecule is Cc1ccccc1OCCCC(=O)Nc1ccc(C(C)C)cc1. The second kappa shape index (κ2) is 8.37. The Kier molecular flexibility index (Phi) is 6.21. The van der Waals surface area contributed by atoms with Crippen LogP contribution in [0, 0.1) is 6.92 Å². The highest BCUT2D eigenvalue weighted by molar-refractivity contribution is 5.90. The van der Waals surface area contributed by atoms with Crippen molar-refractivity contribution in [3.8, 4) is 5.75 Å². The van der Waals surface area contributed by atoms with E-state index in [2.05, 4.69) is 31.3 Å². The number of benzene rings is 2. The first-order chi connectivity index (χ1) is 11.1. The van der Waals surface area contributed by atoms with E-state index < -0.39 is 0 Å². The Morgan fingerprint density at radius 3 is 2.43 bits per heavy atom. The Morgan fingerprint density at radius 2 is 1.78 bits per heavy atom. The molecule has 0 aliphatic rings. The molecule has 1 N–H and O–H groups in total. The first kappa shape index (κ1) is 17.1. The molecule has 0 radical (unpaired) electrons. The van der Waals surface area contributed by atoms with Crippen LogP contribution in [-0.4, -0.2) is 12.5 Å². The van der Waals surface area contributed by atoms with Gasteiger partial charge in [0.2, 0.25) is 5.91 Å².